The minimum atomic E-state index is -0.218. The summed E-state index contributed by atoms with van der Waals surface area (Å²) in [4.78, 5) is 23.0. The van der Waals surface area contributed by atoms with E-state index < -0.39 is 0 Å². The number of nitrogens with two attached hydrogens (primary N) is 1. The first-order valence-corrected chi connectivity index (χ1v) is 10.5. The maximum absolute atomic E-state index is 12.3. The Labute approximate surface area is 180 Å². The molecule has 1 aromatic heterocycles. The molecule has 160 valence electrons. The highest BCUT2D eigenvalue weighted by Gasteiger charge is 2.26. The highest BCUT2D eigenvalue weighted by molar-refractivity contribution is 6.31. The van der Waals surface area contributed by atoms with Crippen molar-refractivity contribution in [1.82, 2.24) is 9.97 Å². The van der Waals surface area contributed by atoms with Crippen molar-refractivity contribution < 1.29 is 14.3 Å². The van der Waals surface area contributed by atoms with Gasteiger partial charge in [0.1, 0.15) is 11.9 Å². The third kappa shape index (κ3) is 4.83. The molecule has 1 unspecified atom stereocenters. The fraction of sp³-hybridized carbons (Fsp3) is 0.476. The Morgan fingerprint density at radius 3 is 2.90 bits per heavy atom. The van der Waals surface area contributed by atoms with Crippen LogP contribution in [0.1, 0.15) is 30.2 Å². The van der Waals surface area contributed by atoms with Crippen molar-refractivity contribution in [1.29, 1.82) is 0 Å². The summed E-state index contributed by atoms with van der Waals surface area (Å²) in [6.07, 6.45) is 1.40. The molecule has 8 nitrogen and oxygen atoms in total. The van der Waals surface area contributed by atoms with Crippen LogP contribution in [0.4, 0.5) is 17.5 Å². The number of amides is 1. The normalized spacial score (nSPS) is 22.0. The van der Waals surface area contributed by atoms with E-state index in [1.807, 2.05) is 25.1 Å². The predicted molar refractivity (Wildman–Crippen MR) is 116 cm³/mol. The van der Waals surface area contributed by atoms with Gasteiger partial charge in [-0.25, -0.2) is 4.98 Å². The van der Waals surface area contributed by atoms with Crippen LogP contribution in [0.2, 0.25) is 5.02 Å². The van der Waals surface area contributed by atoms with Crippen LogP contribution in [0.5, 0.6) is 0 Å². The lowest BCUT2D eigenvalue weighted by molar-refractivity contribution is -0.119. The molecule has 0 radical (unpaired) electrons. The van der Waals surface area contributed by atoms with E-state index in [0.717, 1.165) is 36.5 Å². The molecule has 0 aliphatic carbocycles. The molecular weight excluding hydrogens is 406 g/mol. The zero-order chi connectivity index (χ0) is 21.1. The van der Waals surface area contributed by atoms with Crippen molar-refractivity contribution in [2.24, 2.45) is 5.92 Å². The van der Waals surface area contributed by atoms with Gasteiger partial charge in [-0.05, 0) is 31.9 Å². The molecule has 2 aliphatic rings. The number of benzene rings is 1. The second kappa shape index (κ2) is 9.16. The van der Waals surface area contributed by atoms with Gasteiger partial charge in [-0.2, -0.15) is 4.98 Å². The van der Waals surface area contributed by atoms with Crippen molar-refractivity contribution >= 4 is 35.0 Å². The van der Waals surface area contributed by atoms with Crippen molar-refractivity contribution in [3.8, 4) is 0 Å². The Balaban J connectivity index is 1.49. The SMILES string of the molecule is Cc1cc(N2CCCOC(c3ccc(NC(=O)[C@@H]4CCOC4)cc3Cl)C2)nc(N)n1. The molecule has 9 heteroatoms. The quantitative estimate of drug-likeness (QED) is 0.767. The van der Waals surface area contributed by atoms with E-state index >= 15 is 0 Å². The van der Waals surface area contributed by atoms with Gasteiger partial charge in [0.2, 0.25) is 11.9 Å². The summed E-state index contributed by atoms with van der Waals surface area (Å²) in [6.45, 7) is 5.02. The van der Waals surface area contributed by atoms with Crippen molar-refractivity contribution in [3.05, 3.63) is 40.5 Å². The average Bonchev–Trinajstić information content (AvgIpc) is 3.13. The molecule has 1 aromatic carbocycles. The van der Waals surface area contributed by atoms with Gasteiger partial charge in [0, 0.05) is 54.3 Å². The summed E-state index contributed by atoms with van der Waals surface area (Å²) in [5.41, 5.74) is 8.21. The highest BCUT2D eigenvalue weighted by atomic mass is 35.5. The Hall–Kier alpha value is -2.42. The van der Waals surface area contributed by atoms with Crippen LogP contribution in [0, 0.1) is 12.8 Å². The molecule has 2 saturated heterocycles. The molecule has 3 N–H and O–H groups in total. The van der Waals surface area contributed by atoms with Crippen LogP contribution in [-0.4, -0.2) is 48.8 Å². The van der Waals surface area contributed by atoms with Crippen LogP contribution < -0.4 is 16.0 Å². The topological polar surface area (TPSA) is 103 Å². The lowest BCUT2D eigenvalue weighted by Gasteiger charge is -2.26. The number of nitrogens with one attached hydrogen (secondary N) is 1. The number of nitrogen functional groups attached to an aromatic ring is 1. The Morgan fingerprint density at radius 1 is 1.30 bits per heavy atom. The summed E-state index contributed by atoms with van der Waals surface area (Å²) in [5, 5.41) is 3.49. The number of rotatable bonds is 4. The van der Waals surface area contributed by atoms with Gasteiger partial charge in [-0.1, -0.05) is 17.7 Å². The van der Waals surface area contributed by atoms with Gasteiger partial charge in [-0.3, -0.25) is 4.79 Å². The average molecular weight is 432 g/mol. The second-order valence-electron chi connectivity index (χ2n) is 7.67. The number of hydrogen-bond donors (Lipinski definition) is 2. The second-order valence-corrected chi connectivity index (χ2v) is 8.08. The summed E-state index contributed by atoms with van der Waals surface area (Å²) in [5.74, 6) is 0.905. The van der Waals surface area contributed by atoms with Gasteiger partial charge < -0.3 is 25.4 Å². The van der Waals surface area contributed by atoms with Gasteiger partial charge in [-0.15, -0.1) is 0 Å². The van der Waals surface area contributed by atoms with Gasteiger partial charge >= 0.3 is 0 Å². The first-order valence-electron chi connectivity index (χ1n) is 10.2. The Morgan fingerprint density at radius 2 is 2.17 bits per heavy atom. The van der Waals surface area contributed by atoms with Gasteiger partial charge in [0.15, 0.2) is 0 Å². The molecule has 2 aromatic rings. The van der Waals surface area contributed by atoms with Crippen molar-refractivity contribution in [2.75, 3.05) is 48.9 Å². The van der Waals surface area contributed by atoms with E-state index in [0.29, 0.717) is 37.1 Å². The maximum atomic E-state index is 12.3. The molecule has 2 fully saturated rings. The fourth-order valence-corrected chi connectivity index (χ4v) is 4.11. The highest BCUT2D eigenvalue weighted by Crippen LogP contribution is 2.32. The predicted octanol–water partition coefficient (Wildman–Crippen LogP) is 2.96. The number of anilines is 3. The zero-order valence-electron chi connectivity index (χ0n) is 16.9. The third-order valence-corrected chi connectivity index (χ3v) is 5.70. The first kappa shape index (κ1) is 20.8. The molecule has 2 aliphatic heterocycles. The lowest BCUT2D eigenvalue weighted by atomic mass is 10.1. The Bertz CT molecular complexity index is 899. The molecule has 0 spiro atoms. The molecule has 2 atom stereocenters. The van der Waals surface area contributed by atoms with E-state index in [9.17, 15) is 4.79 Å². The molecular formula is C21H26ClN5O3. The van der Waals surface area contributed by atoms with E-state index in [4.69, 9.17) is 26.8 Å². The van der Waals surface area contributed by atoms with Gasteiger partial charge in [0.05, 0.1) is 12.5 Å². The molecule has 30 heavy (non-hydrogen) atoms. The number of ether oxygens (including phenoxy) is 2. The van der Waals surface area contributed by atoms with Crippen molar-refractivity contribution in [3.63, 3.8) is 0 Å². The number of halogens is 1. The molecule has 0 saturated carbocycles. The van der Waals surface area contributed by atoms with Crippen LogP contribution in [0.3, 0.4) is 0 Å². The number of carbonyl (C=O) groups is 1. The summed E-state index contributed by atoms with van der Waals surface area (Å²) in [6, 6.07) is 7.47. The van der Waals surface area contributed by atoms with E-state index in [-0.39, 0.29) is 23.9 Å². The number of hydrogen-bond acceptors (Lipinski definition) is 7. The number of carbonyl (C=O) groups excluding carboxylic acids is 1. The number of nitrogens with zero attached hydrogens (tertiary/aromatic N) is 3. The van der Waals surface area contributed by atoms with Crippen LogP contribution >= 0.6 is 11.6 Å². The van der Waals surface area contributed by atoms with Crippen LogP contribution in [0.15, 0.2) is 24.3 Å². The maximum Gasteiger partial charge on any atom is 0.229 e. The van der Waals surface area contributed by atoms with E-state index in [1.165, 1.54) is 0 Å². The summed E-state index contributed by atoms with van der Waals surface area (Å²) in [7, 11) is 0. The minimum absolute atomic E-state index is 0.0371. The molecule has 3 heterocycles. The number of aryl methyl sites for hydroxylation is 1. The van der Waals surface area contributed by atoms with Gasteiger partial charge in [0.25, 0.3) is 0 Å². The standard InChI is InChI=1S/C21H26ClN5O3/c1-13-9-19(26-21(23)24-13)27-6-2-7-30-18(11-27)16-4-3-15(10-17(16)22)25-20(28)14-5-8-29-12-14/h3-4,9-10,14,18H,2,5-8,11-12H2,1H3,(H,25,28)(H2,23,24,26)/t14-,18?/m1/s1. The van der Waals surface area contributed by atoms with Crippen LogP contribution in [0.25, 0.3) is 0 Å². The molecule has 0 bridgehead atoms. The fourth-order valence-electron chi connectivity index (χ4n) is 3.81. The molecule has 4 rings (SSSR count). The minimum Gasteiger partial charge on any atom is -0.381 e. The molecule has 1 amide bonds. The Kier molecular flexibility index (Phi) is 6.36. The van der Waals surface area contributed by atoms with E-state index in [1.54, 1.807) is 6.07 Å². The smallest absolute Gasteiger partial charge is 0.229 e. The van der Waals surface area contributed by atoms with Crippen LogP contribution in [-0.2, 0) is 14.3 Å². The summed E-state index contributed by atoms with van der Waals surface area (Å²) >= 11 is 6.58. The number of aromatic nitrogens is 2. The zero-order valence-corrected chi connectivity index (χ0v) is 17.7. The first-order chi connectivity index (χ1) is 14.5. The lowest BCUT2D eigenvalue weighted by Crippen LogP contribution is -2.29. The third-order valence-electron chi connectivity index (χ3n) is 5.37. The van der Waals surface area contributed by atoms with E-state index in [2.05, 4.69) is 20.2 Å². The summed E-state index contributed by atoms with van der Waals surface area (Å²) < 4.78 is 11.4. The largest absolute Gasteiger partial charge is 0.381 e. The van der Waals surface area contributed by atoms with Crippen molar-refractivity contribution in [2.45, 2.75) is 25.9 Å². The monoisotopic (exact) mass is 431 g/mol.